The molecule has 0 spiro atoms. The number of rotatable bonds is 3. The molecule has 0 fully saturated rings. The normalized spacial score (nSPS) is 13.9. The van der Waals surface area contributed by atoms with Crippen molar-refractivity contribution in [1.82, 2.24) is 14.8 Å². The van der Waals surface area contributed by atoms with Gasteiger partial charge in [0.1, 0.15) is 0 Å². The van der Waals surface area contributed by atoms with Crippen LogP contribution in [0.5, 0.6) is 0 Å². The minimum Gasteiger partial charge on any atom is -0.657 e. The van der Waals surface area contributed by atoms with Gasteiger partial charge in [0.15, 0.2) is 0 Å². The van der Waals surface area contributed by atoms with E-state index in [0.717, 1.165) is 33.2 Å². The first-order valence-electron chi connectivity index (χ1n) is 13.9. The molecule has 0 aliphatic carbocycles. The minimum absolute atomic E-state index is 0. The largest absolute Gasteiger partial charge is 4.00 e. The van der Waals surface area contributed by atoms with Gasteiger partial charge in [0.25, 0.3) is 0 Å². The van der Waals surface area contributed by atoms with Gasteiger partial charge in [-0.2, -0.15) is 18.6 Å². The predicted molar refractivity (Wildman–Crippen MR) is 172 cm³/mol. The predicted octanol–water partition coefficient (Wildman–Crippen LogP) is 7.58. The molecule has 6 nitrogen and oxygen atoms in total. The molecule has 0 bridgehead atoms. The van der Waals surface area contributed by atoms with Crippen molar-refractivity contribution >= 4 is 33.2 Å². The molecule has 7 heteroatoms. The molecule has 1 aromatic heterocycles. The molecule has 0 atom stereocenters. The van der Waals surface area contributed by atoms with Gasteiger partial charge < -0.3 is 24.6 Å². The van der Waals surface area contributed by atoms with Crippen LogP contribution in [0.15, 0.2) is 91.5 Å². The molecule has 0 saturated carbocycles. The van der Waals surface area contributed by atoms with Crippen LogP contribution in [0.2, 0.25) is 0 Å². The van der Waals surface area contributed by atoms with Crippen molar-refractivity contribution < 1.29 is 21.1 Å². The second kappa shape index (κ2) is 12.4. The van der Waals surface area contributed by atoms with Gasteiger partial charge in [0.05, 0.1) is 11.6 Å². The average Bonchev–Trinajstić information content (AvgIpc) is 3.70. The Morgan fingerprint density at radius 2 is 1.30 bits per heavy atom. The summed E-state index contributed by atoms with van der Waals surface area (Å²) in [5.41, 5.74) is 11.1. The third-order valence-electron chi connectivity index (χ3n) is 7.46. The van der Waals surface area contributed by atoms with E-state index in [1.807, 2.05) is 72.7 Å². The summed E-state index contributed by atoms with van der Waals surface area (Å²) in [6, 6.07) is 28.2. The average molecular weight is 744 g/mol. The summed E-state index contributed by atoms with van der Waals surface area (Å²) in [5.74, 6) is 0. The molecule has 216 valence electrons. The molecule has 2 aliphatic rings. The fourth-order valence-electron chi connectivity index (χ4n) is 5.63. The molecule has 0 unspecified atom stereocenters. The summed E-state index contributed by atoms with van der Waals surface area (Å²) in [4.78, 5) is 12.8. The van der Waals surface area contributed by atoms with Crippen molar-refractivity contribution in [1.29, 1.82) is 5.26 Å². The maximum absolute atomic E-state index is 8.84. The van der Waals surface area contributed by atoms with Crippen LogP contribution in [0.25, 0.3) is 32.9 Å². The number of para-hydroxylation sites is 1. The van der Waals surface area contributed by atoms with E-state index in [-0.39, 0.29) is 21.1 Å². The molecular weight excluding hydrogens is 712 g/mol. The molecule has 5 aromatic rings. The maximum Gasteiger partial charge on any atom is 4.00 e. The number of hydrogen-bond acceptors (Lipinski definition) is 5. The van der Waals surface area contributed by atoms with E-state index in [9.17, 15) is 0 Å². The smallest absolute Gasteiger partial charge is 0.657 e. The first kappa shape index (κ1) is 30.0. The van der Waals surface area contributed by atoms with Crippen molar-refractivity contribution in [2.75, 3.05) is 23.9 Å². The van der Waals surface area contributed by atoms with Gasteiger partial charge in [-0.3, -0.25) is 0 Å². The molecule has 4 aromatic carbocycles. The zero-order valence-corrected chi connectivity index (χ0v) is 27.1. The second-order valence-electron chi connectivity index (χ2n) is 10.9. The number of nitrogens with zero attached hydrogens (tertiary/aromatic N) is 6. The molecule has 43 heavy (non-hydrogen) atoms. The van der Waals surface area contributed by atoms with Crippen LogP contribution in [0.4, 0.5) is 11.4 Å². The Bertz CT molecular complexity index is 1830. The molecule has 2 aliphatic heterocycles. The minimum atomic E-state index is 0. The van der Waals surface area contributed by atoms with E-state index in [2.05, 4.69) is 97.7 Å². The number of anilines is 2. The molecule has 7 rings (SSSR count). The maximum atomic E-state index is 8.84. The van der Waals surface area contributed by atoms with E-state index >= 15 is 0 Å². The summed E-state index contributed by atoms with van der Waals surface area (Å²) in [6.07, 6.45) is 8.20. The van der Waals surface area contributed by atoms with Gasteiger partial charge in [0.2, 0.25) is 0 Å². The van der Waals surface area contributed by atoms with Crippen molar-refractivity contribution in [3.8, 4) is 17.2 Å². The quantitative estimate of drug-likeness (QED) is 0.178. The van der Waals surface area contributed by atoms with E-state index in [4.69, 9.17) is 5.26 Å². The first-order chi connectivity index (χ1) is 20.3. The van der Waals surface area contributed by atoms with Crippen molar-refractivity contribution in [2.24, 2.45) is 0 Å². The second-order valence-corrected chi connectivity index (χ2v) is 10.9. The number of aromatic nitrogens is 1. The van der Waals surface area contributed by atoms with Crippen LogP contribution < -0.4 is 14.8 Å². The van der Waals surface area contributed by atoms with Gasteiger partial charge in [-0.05, 0) is 99.3 Å². The Morgan fingerprint density at radius 3 is 1.86 bits per heavy atom. The molecule has 0 radical (unpaired) electrons. The van der Waals surface area contributed by atoms with Crippen LogP contribution in [0, 0.1) is 51.5 Å². The van der Waals surface area contributed by atoms with Crippen LogP contribution >= 0.6 is 0 Å². The fraction of sp³-hybridized carbons (Fsp3) is 0.139. The number of aryl methyl sites for hydroxylation is 3. The van der Waals surface area contributed by atoms with Crippen LogP contribution in [-0.4, -0.2) is 23.9 Å². The van der Waals surface area contributed by atoms with Gasteiger partial charge >= 0.3 is 21.1 Å². The number of nitriles is 1. The first-order valence-corrected chi connectivity index (χ1v) is 13.9. The number of hydrogen-bond donors (Lipinski definition) is 0. The molecule has 0 saturated heterocycles. The van der Waals surface area contributed by atoms with E-state index in [0.29, 0.717) is 5.56 Å². The summed E-state index contributed by atoms with van der Waals surface area (Å²) in [6.45, 7) is 10.7. The summed E-state index contributed by atoms with van der Waals surface area (Å²) in [5, 5.41) is 11.0. The Kier molecular flexibility index (Phi) is 8.66. The summed E-state index contributed by atoms with van der Waals surface area (Å²) in [7, 11) is 4.06. The fourth-order valence-corrected chi connectivity index (χ4v) is 5.63. The van der Waals surface area contributed by atoms with Crippen molar-refractivity contribution in [2.45, 2.75) is 20.8 Å². The Labute approximate surface area is 268 Å². The zero-order chi connectivity index (χ0) is 29.4. The monoisotopic (exact) mass is 743 g/mol. The molecular formula is C36H32N6Pt. The third-order valence-corrected chi connectivity index (χ3v) is 7.46. The third kappa shape index (κ3) is 6.19. The Morgan fingerprint density at radius 1 is 0.721 bits per heavy atom. The standard InChI is InChI=1S/C23H25N4.C13H7N2.Pt/c1-17-10-18(2)23(19(3)11-17)20-12-21(26-8-6-24(4)15-26)14-22(13-20)27-9-7-25(5)16-27;14-8-9-5-6-13-11(7-9)10-3-1-2-4-12(10)15-13;/h6-13,15-16H,1-5H3;1-7H;/q-3;-1;+4. The van der Waals surface area contributed by atoms with Gasteiger partial charge in [0, 0.05) is 0 Å². The van der Waals surface area contributed by atoms with Gasteiger partial charge in [-0.25, -0.2) is 0 Å². The van der Waals surface area contributed by atoms with Gasteiger partial charge in [-0.1, -0.05) is 48.0 Å². The molecule has 3 heterocycles. The molecule has 0 amide bonds. The van der Waals surface area contributed by atoms with Gasteiger partial charge in [-0.15, -0.1) is 46.2 Å². The topological polar surface area (TPSA) is 50.9 Å². The SMILES string of the molecule is Cc1cc(C)c(-c2cc(N3C=CN(C)[CH-]3)[c-]c(N3C=CN(C)[CH-]3)c2)c(C)c1.N#Cc1ccc2[n-]c3ccccc3c2c1.[Pt+4]. The Balaban J connectivity index is 0.000000194. The Hall–Kier alpha value is -4.46. The van der Waals surface area contributed by atoms with E-state index < -0.39 is 0 Å². The summed E-state index contributed by atoms with van der Waals surface area (Å²) < 4.78 is 0. The van der Waals surface area contributed by atoms with Crippen molar-refractivity contribution in [3.63, 3.8) is 0 Å². The van der Waals surface area contributed by atoms with Crippen molar-refractivity contribution in [3.05, 3.63) is 133 Å². The molecule has 0 N–H and O–H groups in total. The number of fused-ring (bicyclic) bond motifs is 3. The van der Waals surface area contributed by atoms with Crippen LogP contribution in [-0.2, 0) is 21.1 Å². The van der Waals surface area contributed by atoms with Crippen LogP contribution in [0.1, 0.15) is 22.3 Å². The van der Waals surface area contributed by atoms with Crippen LogP contribution in [0.3, 0.4) is 0 Å². The van der Waals surface area contributed by atoms with E-state index in [1.165, 1.54) is 27.8 Å². The summed E-state index contributed by atoms with van der Waals surface area (Å²) >= 11 is 0. The zero-order valence-electron chi connectivity index (χ0n) is 24.8. The number of benzene rings is 4. The van der Waals surface area contributed by atoms with E-state index in [1.54, 1.807) is 6.07 Å².